The number of anilines is 1. The molecule has 0 spiro atoms. The SMILES string of the molecule is CSc1c(Cl)ccc2c(=O)c3ccc(NCC4COC4)nc3n(CC(=O)N=O)c12. The van der Waals surface area contributed by atoms with Crippen molar-refractivity contribution in [2.45, 2.75) is 11.4 Å². The molecule has 1 aliphatic rings. The maximum atomic E-state index is 13.1. The second kappa shape index (κ2) is 8.10. The van der Waals surface area contributed by atoms with Crippen LogP contribution in [0.1, 0.15) is 0 Å². The lowest BCUT2D eigenvalue weighted by atomic mass is 10.1. The van der Waals surface area contributed by atoms with Crippen molar-refractivity contribution in [3.05, 3.63) is 44.4 Å². The third-order valence-corrected chi connectivity index (χ3v) is 6.10. The highest BCUT2D eigenvalue weighted by Gasteiger charge is 2.21. The minimum absolute atomic E-state index is 0.212. The summed E-state index contributed by atoms with van der Waals surface area (Å²) >= 11 is 7.69. The summed E-state index contributed by atoms with van der Waals surface area (Å²) in [5.74, 6) is 0.111. The Labute approximate surface area is 174 Å². The molecule has 3 heterocycles. The van der Waals surface area contributed by atoms with Crippen molar-refractivity contribution in [2.75, 3.05) is 31.3 Å². The van der Waals surface area contributed by atoms with Crippen LogP contribution < -0.4 is 10.7 Å². The number of fused-ring (bicyclic) bond motifs is 2. The van der Waals surface area contributed by atoms with Crippen LogP contribution in [0.2, 0.25) is 5.02 Å². The molecule has 0 aliphatic carbocycles. The summed E-state index contributed by atoms with van der Waals surface area (Å²) in [5, 5.41) is 6.95. The zero-order valence-corrected chi connectivity index (χ0v) is 17.0. The van der Waals surface area contributed by atoms with E-state index < -0.39 is 5.91 Å². The molecule has 0 atom stereocenters. The number of rotatable bonds is 6. The topological polar surface area (TPSA) is 103 Å². The first-order valence-corrected chi connectivity index (χ1v) is 10.5. The van der Waals surface area contributed by atoms with Crippen molar-refractivity contribution in [2.24, 2.45) is 11.1 Å². The molecule has 150 valence electrons. The molecule has 1 amide bonds. The molecule has 1 saturated heterocycles. The summed E-state index contributed by atoms with van der Waals surface area (Å²) in [4.78, 5) is 41.0. The summed E-state index contributed by atoms with van der Waals surface area (Å²) < 4.78 is 6.72. The van der Waals surface area contributed by atoms with E-state index in [9.17, 15) is 14.5 Å². The second-order valence-electron chi connectivity index (χ2n) is 6.73. The van der Waals surface area contributed by atoms with E-state index in [4.69, 9.17) is 16.3 Å². The molecule has 4 rings (SSSR count). The summed E-state index contributed by atoms with van der Waals surface area (Å²) in [6.45, 7) is 1.75. The molecular weight excluding hydrogens is 416 g/mol. The minimum atomic E-state index is -0.866. The van der Waals surface area contributed by atoms with Gasteiger partial charge in [-0.25, -0.2) is 4.98 Å². The number of pyridine rings is 2. The first kappa shape index (κ1) is 19.8. The molecule has 0 bridgehead atoms. The number of carbonyl (C=O) groups excluding carboxylic acids is 1. The number of hydrogen-bond donors (Lipinski definition) is 1. The number of benzene rings is 1. The van der Waals surface area contributed by atoms with Gasteiger partial charge in [-0.3, -0.25) is 9.59 Å². The van der Waals surface area contributed by atoms with Crippen molar-refractivity contribution in [3.63, 3.8) is 0 Å². The lowest BCUT2D eigenvalue weighted by molar-refractivity contribution is -0.118. The normalized spacial score (nSPS) is 14.1. The number of amides is 1. The van der Waals surface area contributed by atoms with E-state index in [1.165, 1.54) is 11.8 Å². The van der Waals surface area contributed by atoms with Crippen LogP contribution in [-0.4, -0.2) is 41.5 Å². The Morgan fingerprint density at radius 3 is 2.76 bits per heavy atom. The summed E-state index contributed by atoms with van der Waals surface area (Å²) in [6, 6.07) is 6.67. The van der Waals surface area contributed by atoms with Crippen molar-refractivity contribution < 1.29 is 9.53 Å². The molecule has 10 heteroatoms. The van der Waals surface area contributed by atoms with Gasteiger partial charge in [0.05, 0.1) is 34.0 Å². The summed E-state index contributed by atoms with van der Waals surface area (Å²) in [6.07, 6.45) is 1.82. The van der Waals surface area contributed by atoms with Crippen LogP contribution >= 0.6 is 23.4 Å². The van der Waals surface area contributed by atoms with Gasteiger partial charge in [-0.2, -0.15) is 0 Å². The predicted molar refractivity (Wildman–Crippen MR) is 114 cm³/mol. The molecular formula is C19H17ClN4O4S. The second-order valence-corrected chi connectivity index (χ2v) is 7.95. The van der Waals surface area contributed by atoms with Gasteiger partial charge in [0, 0.05) is 23.0 Å². The summed E-state index contributed by atoms with van der Waals surface area (Å²) in [7, 11) is 0. The number of ether oxygens (including phenoxy) is 1. The Morgan fingerprint density at radius 2 is 2.10 bits per heavy atom. The van der Waals surface area contributed by atoms with Crippen molar-refractivity contribution in [1.82, 2.24) is 9.55 Å². The molecule has 1 aromatic carbocycles. The van der Waals surface area contributed by atoms with E-state index in [1.54, 1.807) is 28.8 Å². The molecule has 1 aliphatic heterocycles. The first-order valence-electron chi connectivity index (χ1n) is 8.91. The van der Waals surface area contributed by atoms with Gasteiger partial charge in [-0.05, 0) is 30.5 Å². The Bertz CT molecular complexity index is 1190. The highest BCUT2D eigenvalue weighted by atomic mass is 35.5. The highest BCUT2D eigenvalue weighted by Crippen LogP contribution is 2.34. The van der Waals surface area contributed by atoms with E-state index >= 15 is 0 Å². The number of nitrogens with one attached hydrogen (secondary N) is 1. The first-order chi connectivity index (χ1) is 14.0. The average Bonchev–Trinajstić information content (AvgIpc) is 2.69. The molecule has 29 heavy (non-hydrogen) atoms. The van der Waals surface area contributed by atoms with Crippen LogP contribution in [0.5, 0.6) is 0 Å². The Balaban J connectivity index is 1.97. The largest absolute Gasteiger partial charge is 0.381 e. The third-order valence-electron chi connectivity index (χ3n) is 4.85. The zero-order valence-electron chi connectivity index (χ0n) is 15.5. The Hall–Kier alpha value is -2.49. The fourth-order valence-electron chi connectivity index (χ4n) is 3.34. The van der Waals surface area contributed by atoms with E-state index in [0.29, 0.717) is 63.3 Å². The van der Waals surface area contributed by atoms with Crippen molar-refractivity contribution in [1.29, 1.82) is 0 Å². The van der Waals surface area contributed by atoms with Gasteiger partial charge in [0.15, 0.2) is 5.43 Å². The lowest BCUT2D eigenvalue weighted by Gasteiger charge is -2.26. The van der Waals surface area contributed by atoms with E-state index in [1.807, 2.05) is 6.26 Å². The van der Waals surface area contributed by atoms with Crippen LogP contribution in [0.25, 0.3) is 21.9 Å². The number of nitrogens with zero attached hydrogens (tertiary/aromatic N) is 3. The molecule has 0 saturated carbocycles. The number of thioether (sulfide) groups is 1. The van der Waals surface area contributed by atoms with E-state index in [0.717, 1.165) is 0 Å². The van der Waals surface area contributed by atoms with Crippen LogP contribution in [0.4, 0.5) is 5.82 Å². The Morgan fingerprint density at radius 1 is 1.34 bits per heavy atom. The van der Waals surface area contributed by atoms with Gasteiger partial charge in [-0.15, -0.1) is 16.7 Å². The maximum Gasteiger partial charge on any atom is 0.305 e. The molecule has 1 N–H and O–H groups in total. The zero-order chi connectivity index (χ0) is 20.5. The molecule has 1 fully saturated rings. The quantitative estimate of drug-likeness (QED) is 0.362. The van der Waals surface area contributed by atoms with Gasteiger partial charge in [-0.1, -0.05) is 11.6 Å². The number of carbonyl (C=O) groups is 1. The van der Waals surface area contributed by atoms with Gasteiger partial charge >= 0.3 is 5.91 Å². The van der Waals surface area contributed by atoms with Gasteiger partial charge in [0.25, 0.3) is 0 Å². The molecule has 0 radical (unpaired) electrons. The van der Waals surface area contributed by atoms with Gasteiger partial charge in [0.2, 0.25) is 0 Å². The van der Waals surface area contributed by atoms with E-state index in [-0.39, 0.29) is 12.0 Å². The molecule has 0 unspecified atom stereocenters. The van der Waals surface area contributed by atoms with Crippen LogP contribution in [-0.2, 0) is 16.1 Å². The van der Waals surface area contributed by atoms with Crippen LogP contribution in [0.3, 0.4) is 0 Å². The van der Waals surface area contributed by atoms with E-state index in [2.05, 4.69) is 15.5 Å². The maximum absolute atomic E-state index is 13.1. The number of nitroso groups, excluding NO2 is 1. The predicted octanol–water partition coefficient (Wildman–Crippen LogP) is 3.28. The van der Waals surface area contributed by atoms with Crippen molar-refractivity contribution >= 4 is 57.0 Å². The van der Waals surface area contributed by atoms with Crippen LogP contribution in [0.15, 0.2) is 39.1 Å². The Kier molecular flexibility index (Phi) is 5.53. The van der Waals surface area contributed by atoms with Gasteiger partial charge in [0.1, 0.15) is 18.0 Å². The number of aromatic nitrogens is 2. The standard InChI is InChI=1S/C19H17ClN4O4S/c1-29-18-13(20)4-2-11-16(18)24(7-15(25)23-27)19-12(17(11)26)3-5-14(22-19)21-6-10-8-28-9-10/h2-5,10H,6-9H2,1H3,(H,21,22). The molecule has 2 aromatic heterocycles. The fraction of sp³-hybridized carbons (Fsp3) is 0.316. The van der Waals surface area contributed by atoms with Gasteiger partial charge < -0.3 is 14.6 Å². The average molecular weight is 433 g/mol. The monoisotopic (exact) mass is 432 g/mol. The van der Waals surface area contributed by atoms with Crippen LogP contribution in [0, 0.1) is 10.8 Å². The third kappa shape index (κ3) is 3.61. The number of halogens is 1. The summed E-state index contributed by atoms with van der Waals surface area (Å²) in [5.41, 5.74) is 0.555. The molecule has 3 aromatic rings. The smallest absolute Gasteiger partial charge is 0.305 e. The molecule has 8 nitrogen and oxygen atoms in total. The van der Waals surface area contributed by atoms with Crippen molar-refractivity contribution in [3.8, 4) is 0 Å². The lowest BCUT2D eigenvalue weighted by Crippen LogP contribution is -2.33. The fourth-order valence-corrected chi connectivity index (χ4v) is 4.40. The number of hydrogen-bond acceptors (Lipinski definition) is 7. The highest BCUT2D eigenvalue weighted by molar-refractivity contribution is 7.99. The minimum Gasteiger partial charge on any atom is -0.381 e.